The van der Waals surface area contributed by atoms with E-state index in [0.29, 0.717) is 6.42 Å². The van der Waals surface area contributed by atoms with Gasteiger partial charge in [0.25, 0.3) is 0 Å². The summed E-state index contributed by atoms with van der Waals surface area (Å²) in [6.07, 6.45) is 4.23. The van der Waals surface area contributed by atoms with Crippen LogP contribution in [0.5, 0.6) is 0 Å². The van der Waals surface area contributed by atoms with Gasteiger partial charge in [0.1, 0.15) is 10.3 Å². The van der Waals surface area contributed by atoms with Crippen LogP contribution in [0.4, 0.5) is 0 Å². The minimum atomic E-state index is -0.678. The lowest BCUT2D eigenvalue weighted by Gasteiger charge is -2.40. The summed E-state index contributed by atoms with van der Waals surface area (Å²) in [7, 11) is 1.63. The summed E-state index contributed by atoms with van der Waals surface area (Å²) in [6.45, 7) is 7.89. The number of fused-ring (bicyclic) bond motifs is 1. The number of rotatable bonds is 2. The van der Waals surface area contributed by atoms with Crippen molar-refractivity contribution >= 4 is 39.4 Å². The molecule has 3 heterocycles. The Bertz CT molecular complexity index is 943. The largest absolute Gasteiger partial charge is 0.346 e. The number of aromatic nitrogens is 2. The van der Waals surface area contributed by atoms with Crippen molar-refractivity contribution in [3.8, 4) is 0 Å². The van der Waals surface area contributed by atoms with Gasteiger partial charge < -0.3 is 5.32 Å². The van der Waals surface area contributed by atoms with Gasteiger partial charge in [-0.2, -0.15) is 4.99 Å². The summed E-state index contributed by atoms with van der Waals surface area (Å²) < 4.78 is 2.74. The van der Waals surface area contributed by atoms with E-state index in [9.17, 15) is 9.59 Å². The number of carbonyl (C=O) groups is 2. The second-order valence-corrected chi connectivity index (χ2v) is 9.19. The number of halogens is 1. The highest BCUT2D eigenvalue weighted by atomic mass is 79.9. The average Bonchev–Trinajstić information content (AvgIpc) is 2.91. The normalized spacial score (nSPS) is 22.4. The second-order valence-electron chi connectivity index (χ2n) is 8.38. The molecule has 0 aromatic carbocycles. The van der Waals surface area contributed by atoms with E-state index >= 15 is 0 Å². The number of aliphatic imine (C=N–C) groups is 1. The predicted octanol–water partition coefficient (Wildman–Crippen LogP) is 3.08. The van der Waals surface area contributed by atoms with Crippen molar-refractivity contribution in [3.05, 3.63) is 34.7 Å². The first-order valence-electron chi connectivity index (χ1n) is 8.78. The molecule has 0 bridgehead atoms. The van der Waals surface area contributed by atoms with Gasteiger partial charge in [-0.05, 0) is 39.9 Å². The Kier molecular flexibility index (Phi) is 4.88. The Morgan fingerprint density at radius 1 is 1.41 bits per heavy atom. The van der Waals surface area contributed by atoms with Gasteiger partial charge in [0.15, 0.2) is 0 Å². The van der Waals surface area contributed by atoms with E-state index in [1.165, 1.54) is 4.90 Å². The first-order chi connectivity index (χ1) is 12.5. The molecule has 0 spiro atoms. The van der Waals surface area contributed by atoms with Crippen molar-refractivity contribution in [2.24, 2.45) is 10.4 Å². The summed E-state index contributed by atoms with van der Waals surface area (Å²) in [5.41, 5.74) is 0.872. The smallest absolute Gasteiger partial charge is 0.249 e. The molecule has 0 aliphatic carbocycles. The van der Waals surface area contributed by atoms with Gasteiger partial charge in [-0.3, -0.25) is 18.9 Å². The van der Waals surface area contributed by atoms with Crippen molar-refractivity contribution in [3.63, 3.8) is 0 Å². The number of nitrogens with one attached hydrogen (secondary N) is 1. The third-order valence-electron chi connectivity index (χ3n) is 4.59. The molecule has 7 nitrogen and oxygen atoms in total. The van der Waals surface area contributed by atoms with Crippen LogP contribution < -0.4 is 5.32 Å². The van der Waals surface area contributed by atoms with Gasteiger partial charge in [-0.25, -0.2) is 4.98 Å². The molecule has 1 aliphatic heterocycles. The number of carbonyl (C=O) groups excluding carboxylic acids is 2. The highest BCUT2D eigenvalue weighted by Crippen LogP contribution is 2.30. The minimum absolute atomic E-state index is 0.0941. The Morgan fingerprint density at radius 2 is 2.11 bits per heavy atom. The minimum Gasteiger partial charge on any atom is -0.346 e. The van der Waals surface area contributed by atoms with Crippen LogP contribution in [0.15, 0.2) is 34.1 Å². The maximum atomic E-state index is 12.6. The number of hydrogen-bond donors (Lipinski definition) is 1. The highest BCUT2D eigenvalue weighted by molar-refractivity contribution is 9.10. The maximum Gasteiger partial charge on any atom is 0.249 e. The van der Waals surface area contributed by atoms with E-state index in [4.69, 9.17) is 0 Å². The molecule has 27 heavy (non-hydrogen) atoms. The fourth-order valence-corrected chi connectivity index (χ4v) is 3.47. The topological polar surface area (TPSA) is 79.1 Å². The first-order valence-corrected chi connectivity index (χ1v) is 9.57. The van der Waals surface area contributed by atoms with Gasteiger partial charge in [0.2, 0.25) is 17.8 Å². The molecular formula is C19H24BrN5O2. The third kappa shape index (κ3) is 4.05. The molecule has 2 aromatic heterocycles. The van der Waals surface area contributed by atoms with Gasteiger partial charge in [0.05, 0.1) is 18.2 Å². The van der Waals surface area contributed by atoms with Crippen LogP contribution in [-0.2, 0) is 15.1 Å². The Morgan fingerprint density at radius 3 is 2.78 bits per heavy atom. The van der Waals surface area contributed by atoms with Crippen LogP contribution in [0.3, 0.4) is 0 Å². The quantitative estimate of drug-likeness (QED) is 0.788. The lowest BCUT2D eigenvalue weighted by Crippen LogP contribution is -2.58. The molecule has 8 heteroatoms. The van der Waals surface area contributed by atoms with Gasteiger partial charge in [-0.1, -0.05) is 26.8 Å². The molecule has 2 aromatic rings. The molecule has 0 unspecified atom stereocenters. The van der Waals surface area contributed by atoms with E-state index in [-0.39, 0.29) is 29.6 Å². The first kappa shape index (κ1) is 19.5. The van der Waals surface area contributed by atoms with Gasteiger partial charge in [-0.15, -0.1) is 0 Å². The fourth-order valence-electron chi connectivity index (χ4n) is 3.08. The average molecular weight is 434 g/mol. The molecule has 1 atom stereocenters. The number of guanidine groups is 1. The van der Waals surface area contributed by atoms with Crippen LogP contribution >= 0.6 is 15.9 Å². The van der Waals surface area contributed by atoms with E-state index in [0.717, 1.165) is 15.8 Å². The van der Waals surface area contributed by atoms with Crippen molar-refractivity contribution in [2.75, 3.05) is 7.05 Å². The Hall–Kier alpha value is -2.22. The van der Waals surface area contributed by atoms with Crippen LogP contribution in [0.25, 0.3) is 5.65 Å². The number of hydrogen-bond acceptors (Lipinski definition) is 3. The lowest BCUT2D eigenvalue weighted by atomic mass is 9.87. The second kappa shape index (κ2) is 6.74. The standard InChI is InChI=1S/C19H24BrN5O2/c1-18(2,3)8-15(26)22-17-23-19(4,9-16(27)24(17)5)12-6-7-14-21-10-13(20)25(14)11-12/h6-7,10-11H,8-9H2,1-5H3,(H,22,23,26)/t19-/m0/s1. The Labute approximate surface area is 167 Å². The number of nitrogens with zero attached hydrogens (tertiary/aromatic N) is 4. The van der Waals surface area contributed by atoms with Gasteiger partial charge in [0, 0.05) is 19.7 Å². The molecule has 3 rings (SSSR count). The van der Waals surface area contributed by atoms with Crippen molar-refractivity contribution < 1.29 is 9.59 Å². The van der Waals surface area contributed by atoms with Gasteiger partial charge >= 0.3 is 0 Å². The van der Waals surface area contributed by atoms with Crippen molar-refractivity contribution in [1.29, 1.82) is 0 Å². The molecule has 2 amide bonds. The number of amides is 2. The number of pyridine rings is 1. The molecule has 144 valence electrons. The van der Waals surface area contributed by atoms with E-state index in [1.54, 1.807) is 13.2 Å². The molecular weight excluding hydrogens is 410 g/mol. The van der Waals surface area contributed by atoms with Crippen LogP contribution in [-0.4, -0.2) is 39.1 Å². The molecule has 1 N–H and O–H groups in total. The van der Waals surface area contributed by atoms with Crippen molar-refractivity contribution in [1.82, 2.24) is 19.6 Å². The van der Waals surface area contributed by atoms with E-state index in [1.807, 2.05) is 50.4 Å². The van der Waals surface area contributed by atoms with Crippen LogP contribution in [0.2, 0.25) is 0 Å². The molecule has 1 aliphatic rings. The lowest BCUT2D eigenvalue weighted by molar-refractivity contribution is -0.129. The Balaban J connectivity index is 1.96. The summed E-state index contributed by atoms with van der Waals surface area (Å²) in [6, 6.07) is 3.84. The zero-order chi connectivity index (χ0) is 20.0. The molecule has 1 fully saturated rings. The van der Waals surface area contributed by atoms with E-state index in [2.05, 4.69) is 31.2 Å². The third-order valence-corrected chi connectivity index (χ3v) is 5.18. The summed E-state index contributed by atoms with van der Waals surface area (Å²) in [4.78, 5) is 34.8. The highest BCUT2D eigenvalue weighted by Gasteiger charge is 2.39. The number of imidazole rings is 1. The predicted molar refractivity (Wildman–Crippen MR) is 107 cm³/mol. The van der Waals surface area contributed by atoms with Crippen LogP contribution in [0.1, 0.15) is 46.1 Å². The van der Waals surface area contributed by atoms with Crippen LogP contribution in [0, 0.1) is 5.41 Å². The SMILES string of the molecule is CN1C(=O)C[C@@](C)(c2ccc3ncc(Br)n3c2)N/C1=N/C(=O)CC(C)(C)C. The zero-order valence-corrected chi connectivity index (χ0v) is 17.8. The molecule has 0 saturated carbocycles. The zero-order valence-electron chi connectivity index (χ0n) is 16.2. The monoisotopic (exact) mass is 433 g/mol. The fraction of sp³-hybridized carbons (Fsp3) is 0.474. The maximum absolute atomic E-state index is 12.6. The summed E-state index contributed by atoms with van der Waals surface area (Å²) in [5.74, 6) is -0.0575. The molecule has 0 radical (unpaired) electrons. The summed E-state index contributed by atoms with van der Waals surface area (Å²) in [5, 5.41) is 3.30. The molecule has 1 saturated heterocycles. The van der Waals surface area contributed by atoms with Crippen molar-refractivity contribution in [2.45, 2.75) is 46.1 Å². The summed E-state index contributed by atoms with van der Waals surface area (Å²) >= 11 is 3.47. The van der Waals surface area contributed by atoms with E-state index < -0.39 is 5.54 Å².